The highest BCUT2D eigenvalue weighted by molar-refractivity contribution is 9.10. The summed E-state index contributed by atoms with van der Waals surface area (Å²) in [5, 5.41) is 9.72. The van der Waals surface area contributed by atoms with Crippen molar-refractivity contribution in [2.45, 2.75) is 20.3 Å². The molecule has 0 amide bonds. The topological polar surface area (TPSA) is 66.0 Å². The number of nitrogens with zero attached hydrogens (tertiary/aromatic N) is 1. The van der Waals surface area contributed by atoms with Crippen LogP contribution in [0.2, 0.25) is 0 Å². The zero-order valence-corrected chi connectivity index (χ0v) is 11.7. The third-order valence-electron chi connectivity index (χ3n) is 2.78. The minimum atomic E-state index is -0.291. The Bertz CT molecular complexity index is 650. The predicted molar refractivity (Wildman–Crippen MR) is 73.8 cm³/mol. The molecule has 1 aromatic carbocycles. The van der Waals surface area contributed by atoms with Crippen molar-refractivity contribution < 1.29 is 5.11 Å². The lowest BCUT2D eigenvalue weighted by Gasteiger charge is -2.06. The Morgan fingerprint density at radius 2 is 2.17 bits per heavy atom. The van der Waals surface area contributed by atoms with Gasteiger partial charge in [-0.3, -0.25) is 4.79 Å². The van der Waals surface area contributed by atoms with Gasteiger partial charge in [0.25, 0.3) is 5.56 Å². The molecular weight excluding hydrogens is 296 g/mol. The van der Waals surface area contributed by atoms with E-state index in [9.17, 15) is 9.90 Å². The van der Waals surface area contributed by atoms with Crippen LogP contribution < -0.4 is 5.56 Å². The molecule has 2 rings (SSSR count). The number of aromatic hydroxyl groups is 1. The summed E-state index contributed by atoms with van der Waals surface area (Å²) in [5.41, 5.74) is 1.83. The molecule has 0 atom stereocenters. The van der Waals surface area contributed by atoms with E-state index in [0.717, 1.165) is 15.6 Å². The fourth-order valence-electron chi connectivity index (χ4n) is 1.73. The van der Waals surface area contributed by atoms with E-state index >= 15 is 0 Å². The second-order valence-corrected chi connectivity index (χ2v) is 4.89. The van der Waals surface area contributed by atoms with Crippen LogP contribution in [-0.2, 0) is 6.42 Å². The highest BCUT2D eigenvalue weighted by Crippen LogP contribution is 2.23. The molecule has 0 radical (unpaired) electrons. The number of H-pyrrole nitrogens is 1. The van der Waals surface area contributed by atoms with Gasteiger partial charge in [-0.25, -0.2) is 0 Å². The molecule has 0 aliphatic carbocycles. The number of halogens is 1. The summed E-state index contributed by atoms with van der Waals surface area (Å²) in [4.78, 5) is 18.5. The second-order valence-electron chi connectivity index (χ2n) is 4.03. The predicted octanol–water partition coefficient (Wildman–Crippen LogP) is 2.78. The van der Waals surface area contributed by atoms with E-state index in [2.05, 4.69) is 25.9 Å². The van der Waals surface area contributed by atoms with E-state index in [-0.39, 0.29) is 11.4 Å². The number of nitrogens with one attached hydrogen (secondary N) is 1. The van der Waals surface area contributed by atoms with Crippen molar-refractivity contribution in [3.8, 4) is 17.3 Å². The van der Waals surface area contributed by atoms with Crippen LogP contribution in [-0.4, -0.2) is 15.1 Å². The number of aromatic amines is 1. The molecule has 1 heterocycles. The number of hydrogen-bond acceptors (Lipinski definition) is 3. The molecule has 2 N–H and O–H groups in total. The van der Waals surface area contributed by atoms with E-state index in [0.29, 0.717) is 17.8 Å². The van der Waals surface area contributed by atoms with Crippen LogP contribution in [0.25, 0.3) is 11.4 Å². The molecule has 5 heteroatoms. The number of hydrogen-bond donors (Lipinski definition) is 2. The molecule has 18 heavy (non-hydrogen) atoms. The van der Waals surface area contributed by atoms with Gasteiger partial charge in [0.2, 0.25) is 5.88 Å². The van der Waals surface area contributed by atoms with Crippen molar-refractivity contribution in [2.75, 3.05) is 0 Å². The summed E-state index contributed by atoms with van der Waals surface area (Å²) in [6, 6.07) is 5.61. The van der Waals surface area contributed by atoms with Crippen LogP contribution in [0, 0.1) is 6.92 Å². The van der Waals surface area contributed by atoms with Crippen LogP contribution in [0.1, 0.15) is 18.1 Å². The molecule has 0 fully saturated rings. The van der Waals surface area contributed by atoms with Crippen molar-refractivity contribution in [1.29, 1.82) is 0 Å². The van der Waals surface area contributed by atoms with E-state index in [1.807, 2.05) is 25.1 Å². The van der Waals surface area contributed by atoms with Gasteiger partial charge >= 0.3 is 0 Å². The number of rotatable bonds is 2. The fraction of sp³-hybridized carbons (Fsp3) is 0.231. The summed E-state index contributed by atoms with van der Waals surface area (Å²) in [5.74, 6) is 0.183. The minimum Gasteiger partial charge on any atom is -0.493 e. The Morgan fingerprint density at radius 3 is 2.72 bits per heavy atom. The highest BCUT2D eigenvalue weighted by atomic mass is 79.9. The minimum absolute atomic E-state index is 0.197. The zero-order chi connectivity index (χ0) is 13.3. The van der Waals surface area contributed by atoms with Crippen LogP contribution >= 0.6 is 15.9 Å². The highest BCUT2D eigenvalue weighted by Gasteiger charge is 2.10. The molecule has 0 spiro atoms. The van der Waals surface area contributed by atoms with Gasteiger partial charge in [-0.05, 0) is 31.0 Å². The first-order valence-electron chi connectivity index (χ1n) is 5.61. The van der Waals surface area contributed by atoms with Crippen molar-refractivity contribution in [2.24, 2.45) is 0 Å². The Kier molecular flexibility index (Phi) is 3.52. The molecule has 94 valence electrons. The Balaban J connectivity index is 2.58. The lowest BCUT2D eigenvalue weighted by atomic mass is 10.1. The van der Waals surface area contributed by atoms with Crippen molar-refractivity contribution in [3.63, 3.8) is 0 Å². The van der Waals surface area contributed by atoms with E-state index in [1.54, 1.807) is 6.92 Å². The van der Waals surface area contributed by atoms with Gasteiger partial charge < -0.3 is 10.1 Å². The largest absolute Gasteiger partial charge is 0.493 e. The first kappa shape index (κ1) is 12.8. The monoisotopic (exact) mass is 308 g/mol. The van der Waals surface area contributed by atoms with Gasteiger partial charge in [0.1, 0.15) is 5.82 Å². The lowest BCUT2D eigenvalue weighted by molar-refractivity contribution is 0.444. The van der Waals surface area contributed by atoms with Crippen molar-refractivity contribution >= 4 is 15.9 Å². The van der Waals surface area contributed by atoms with Crippen LogP contribution in [0.5, 0.6) is 5.88 Å². The normalized spacial score (nSPS) is 10.6. The molecule has 1 aromatic heterocycles. The number of aryl methyl sites for hydroxylation is 1. The molecule has 4 nitrogen and oxygen atoms in total. The maximum Gasteiger partial charge on any atom is 0.258 e. The summed E-state index contributed by atoms with van der Waals surface area (Å²) >= 11 is 3.41. The fourth-order valence-corrected chi connectivity index (χ4v) is 1.98. The van der Waals surface area contributed by atoms with Crippen LogP contribution in [0.4, 0.5) is 0 Å². The third kappa shape index (κ3) is 2.31. The average Bonchev–Trinajstić information content (AvgIpc) is 2.32. The van der Waals surface area contributed by atoms with E-state index < -0.39 is 0 Å². The standard InChI is InChI=1S/C13H13BrN2O2/c1-3-9-12(17)15-11(16-13(9)18)8-4-5-10(14)7(2)6-8/h4-6H,3H2,1-2H3,(H2,15,16,17,18). The number of aromatic nitrogens is 2. The SMILES string of the molecule is CCc1c(O)nc(-c2ccc(Br)c(C)c2)[nH]c1=O. The molecule has 0 aliphatic heterocycles. The smallest absolute Gasteiger partial charge is 0.258 e. The van der Waals surface area contributed by atoms with Gasteiger partial charge in [-0.2, -0.15) is 4.98 Å². The second kappa shape index (κ2) is 4.94. The Morgan fingerprint density at radius 1 is 1.44 bits per heavy atom. The molecule has 0 unspecified atom stereocenters. The van der Waals surface area contributed by atoms with Gasteiger partial charge in [0.05, 0.1) is 5.56 Å². The van der Waals surface area contributed by atoms with Gasteiger partial charge in [0, 0.05) is 10.0 Å². The van der Waals surface area contributed by atoms with Gasteiger partial charge in [-0.15, -0.1) is 0 Å². The van der Waals surface area contributed by atoms with Crippen LogP contribution in [0.15, 0.2) is 27.5 Å². The Labute approximate surface area is 113 Å². The summed E-state index contributed by atoms with van der Waals surface area (Å²) < 4.78 is 0.989. The molecule has 0 saturated heterocycles. The number of benzene rings is 1. The maximum absolute atomic E-state index is 11.8. The van der Waals surface area contributed by atoms with E-state index in [4.69, 9.17) is 0 Å². The first-order chi connectivity index (χ1) is 8.52. The third-order valence-corrected chi connectivity index (χ3v) is 3.67. The van der Waals surface area contributed by atoms with Crippen molar-refractivity contribution in [3.05, 3.63) is 44.2 Å². The zero-order valence-electron chi connectivity index (χ0n) is 10.1. The molecular formula is C13H13BrN2O2. The average molecular weight is 309 g/mol. The summed E-state index contributed by atoms with van der Waals surface area (Å²) in [7, 11) is 0. The lowest BCUT2D eigenvalue weighted by Crippen LogP contribution is -2.14. The molecule has 2 aromatic rings. The Hall–Kier alpha value is -1.62. The summed E-state index contributed by atoms with van der Waals surface area (Å²) in [6.45, 7) is 3.75. The van der Waals surface area contributed by atoms with Crippen molar-refractivity contribution in [1.82, 2.24) is 9.97 Å². The van der Waals surface area contributed by atoms with E-state index in [1.165, 1.54) is 0 Å². The quantitative estimate of drug-likeness (QED) is 0.896. The van der Waals surface area contributed by atoms with Crippen LogP contribution in [0.3, 0.4) is 0 Å². The van der Waals surface area contributed by atoms with Gasteiger partial charge in [-0.1, -0.05) is 28.9 Å². The molecule has 0 bridgehead atoms. The molecule has 0 aliphatic rings. The summed E-state index contributed by atoms with van der Waals surface area (Å²) in [6.07, 6.45) is 0.452. The van der Waals surface area contributed by atoms with Gasteiger partial charge in [0.15, 0.2) is 0 Å². The first-order valence-corrected chi connectivity index (χ1v) is 6.41. The molecule has 0 saturated carbocycles. The maximum atomic E-state index is 11.8.